The van der Waals surface area contributed by atoms with Crippen molar-refractivity contribution in [2.75, 3.05) is 13.2 Å². The van der Waals surface area contributed by atoms with Gasteiger partial charge in [0.1, 0.15) is 6.61 Å². The number of rotatable bonds is 10. The van der Waals surface area contributed by atoms with Crippen molar-refractivity contribution in [2.24, 2.45) is 5.92 Å². The average Bonchev–Trinajstić information content (AvgIpc) is 2.78. The van der Waals surface area contributed by atoms with Gasteiger partial charge in [0.15, 0.2) is 0 Å². The molecule has 2 aromatic carbocycles. The van der Waals surface area contributed by atoms with Crippen molar-refractivity contribution in [1.29, 1.82) is 0 Å². The van der Waals surface area contributed by atoms with Crippen LogP contribution >= 0.6 is 0 Å². The van der Waals surface area contributed by atoms with Crippen molar-refractivity contribution in [1.82, 2.24) is 5.32 Å². The van der Waals surface area contributed by atoms with E-state index in [0.29, 0.717) is 18.5 Å². The minimum absolute atomic E-state index is 0.0956. The van der Waals surface area contributed by atoms with E-state index < -0.39 is 30.1 Å². The molecule has 0 fully saturated rings. The van der Waals surface area contributed by atoms with Gasteiger partial charge in [0.2, 0.25) is 6.10 Å². The lowest BCUT2D eigenvalue weighted by atomic mass is 10.00. The van der Waals surface area contributed by atoms with Gasteiger partial charge in [-0.25, -0.2) is 14.4 Å². The van der Waals surface area contributed by atoms with Crippen LogP contribution in [0.3, 0.4) is 0 Å². The van der Waals surface area contributed by atoms with E-state index in [0.717, 1.165) is 11.1 Å². The van der Waals surface area contributed by atoms with Crippen molar-refractivity contribution in [2.45, 2.75) is 39.8 Å². The summed E-state index contributed by atoms with van der Waals surface area (Å²) in [5.74, 6) is -1.83. The first-order valence-electron chi connectivity index (χ1n) is 10.3. The van der Waals surface area contributed by atoms with E-state index in [-0.39, 0.29) is 13.2 Å². The minimum atomic E-state index is -1.18. The Bertz CT molecular complexity index is 867. The zero-order valence-corrected chi connectivity index (χ0v) is 18.1. The third-order valence-corrected chi connectivity index (χ3v) is 4.78. The average molecular weight is 427 g/mol. The zero-order chi connectivity index (χ0) is 22.6. The van der Waals surface area contributed by atoms with E-state index in [9.17, 15) is 14.4 Å². The monoisotopic (exact) mass is 427 g/mol. The number of hydrogen-bond donors (Lipinski definition) is 1. The number of alkyl carbamates (subject to hydrolysis) is 1. The van der Waals surface area contributed by atoms with Crippen molar-refractivity contribution in [3.63, 3.8) is 0 Å². The smallest absolute Gasteiger partial charge is 0.407 e. The van der Waals surface area contributed by atoms with Crippen molar-refractivity contribution < 1.29 is 28.6 Å². The van der Waals surface area contributed by atoms with Crippen LogP contribution in [0.4, 0.5) is 4.79 Å². The summed E-state index contributed by atoms with van der Waals surface area (Å²) in [6.45, 7) is 5.65. The normalized spacial score (nSPS) is 12.4. The number of nitrogens with one attached hydrogen (secondary N) is 1. The van der Waals surface area contributed by atoms with E-state index in [4.69, 9.17) is 14.2 Å². The Morgan fingerprint density at radius 1 is 0.935 bits per heavy atom. The third-order valence-electron chi connectivity index (χ3n) is 4.78. The lowest BCUT2D eigenvalue weighted by molar-refractivity contribution is -0.157. The first kappa shape index (κ1) is 23.9. The second-order valence-electron chi connectivity index (χ2n) is 7.00. The summed E-state index contributed by atoms with van der Waals surface area (Å²) in [6, 6.07) is 16.4. The molecule has 2 aromatic rings. The van der Waals surface area contributed by atoms with Crippen LogP contribution in [0.15, 0.2) is 54.6 Å². The third kappa shape index (κ3) is 7.44. The number of carbonyl (C=O) groups is 3. The molecule has 2 atom stereocenters. The quantitative estimate of drug-likeness (QED) is 0.455. The number of amides is 1. The molecule has 7 nitrogen and oxygen atoms in total. The highest BCUT2D eigenvalue weighted by Crippen LogP contribution is 2.19. The fraction of sp³-hybridized carbons (Fsp3) is 0.375. The Labute approximate surface area is 182 Å². The standard InChI is InChI=1S/C24H29NO6/c1-4-19(16-30-24(28)25-15-18-12-7-6-8-13-18)21(23(27)29-5-2)31-22(26)20-14-10-9-11-17(20)3/h6-14,19,21H,4-5,15-16H2,1-3H3,(H,25,28)/t19-,21-/m0/s1. The second-order valence-corrected chi connectivity index (χ2v) is 7.00. The molecular formula is C24H29NO6. The van der Waals surface area contributed by atoms with Gasteiger partial charge in [0, 0.05) is 12.5 Å². The maximum Gasteiger partial charge on any atom is 0.407 e. The topological polar surface area (TPSA) is 90.9 Å². The summed E-state index contributed by atoms with van der Waals surface area (Å²) in [6.07, 6.45) is -1.36. The molecule has 0 unspecified atom stereocenters. The molecule has 2 rings (SSSR count). The van der Waals surface area contributed by atoms with Crippen LogP contribution in [0.5, 0.6) is 0 Å². The van der Waals surface area contributed by atoms with Gasteiger partial charge in [-0.3, -0.25) is 0 Å². The lowest BCUT2D eigenvalue weighted by Gasteiger charge is -2.24. The summed E-state index contributed by atoms with van der Waals surface area (Å²) in [5.41, 5.74) is 2.04. The highest BCUT2D eigenvalue weighted by molar-refractivity contribution is 5.92. The van der Waals surface area contributed by atoms with Gasteiger partial charge >= 0.3 is 18.0 Å². The van der Waals surface area contributed by atoms with Gasteiger partial charge < -0.3 is 19.5 Å². The molecule has 0 radical (unpaired) electrons. The summed E-state index contributed by atoms with van der Waals surface area (Å²) in [7, 11) is 0. The molecule has 0 bridgehead atoms. The van der Waals surface area contributed by atoms with E-state index >= 15 is 0 Å². The molecule has 1 amide bonds. The van der Waals surface area contributed by atoms with Gasteiger partial charge in [-0.1, -0.05) is 55.5 Å². The Morgan fingerprint density at radius 2 is 1.61 bits per heavy atom. The summed E-state index contributed by atoms with van der Waals surface area (Å²) >= 11 is 0. The molecule has 0 aliphatic heterocycles. The summed E-state index contributed by atoms with van der Waals surface area (Å²) in [4.78, 5) is 37.2. The van der Waals surface area contributed by atoms with Crippen molar-refractivity contribution in [3.8, 4) is 0 Å². The molecule has 0 aliphatic rings. The maximum atomic E-state index is 12.7. The SMILES string of the molecule is CCOC(=O)[C@@H](OC(=O)c1ccccc1C)[C@@H](CC)COC(=O)NCc1ccccc1. The summed E-state index contributed by atoms with van der Waals surface area (Å²) in [5, 5.41) is 2.66. The van der Waals surface area contributed by atoms with Gasteiger partial charge in [0.25, 0.3) is 0 Å². The molecule has 166 valence electrons. The fourth-order valence-corrected chi connectivity index (χ4v) is 2.97. The molecule has 31 heavy (non-hydrogen) atoms. The Hall–Kier alpha value is -3.35. The Kier molecular flexibility index (Phi) is 9.55. The molecule has 1 N–H and O–H groups in total. The van der Waals surface area contributed by atoms with Gasteiger partial charge in [-0.05, 0) is 37.5 Å². The number of benzene rings is 2. The number of carbonyl (C=O) groups excluding carboxylic acids is 3. The van der Waals surface area contributed by atoms with Crippen molar-refractivity contribution >= 4 is 18.0 Å². The molecule has 0 aliphatic carbocycles. The molecule has 0 saturated carbocycles. The van der Waals surface area contributed by atoms with Crippen LogP contribution < -0.4 is 5.32 Å². The highest BCUT2D eigenvalue weighted by Gasteiger charge is 2.34. The highest BCUT2D eigenvalue weighted by atomic mass is 16.6. The van der Waals surface area contributed by atoms with E-state index in [1.807, 2.05) is 43.3 Å². The predicted octanol–water partition coefficient (Wildman–Crippen LogP) is 4.04. The first-order chi connectivity index (χ1) is 15.0. The molecule has 0 aromatic heterocycles. The van der Waals surface area contributed by atoms with Crippen LogP contribution in [0.2, 0.25) is 0 Å². The van der Waals surface area contributed by atoms with Gasteiger partial charge in [-0.15, -0.1) is 0 Å². The zero-order valence-electron chi connectivity index (χ0n) is 18.1. The summed E-state index contributed by atoms with van der Waals surface area (Å²) < 4.78 is 15.9. The molecule has 7 heteroatoms. The Morgan fingerprint density at radius 3 is 2.26 bits per heavy atom. The van der Waals surface area contributed by atoms with Crippen LogP contribution in [0.25, 0.3) is 0 Å². The maximum absolute atomic E-state index is 12.7. The van der Waals surface area contributed by atoms with E-state index in [2.05, 4.69) is 5.32 Å². The van der Waals surface area contributed by atoms with Crippen LogP contribution in [-0.2, 0) is 25.5 Å². The Balaban J connectivity index is 2.01. The first-order valence-corrected chi connectivity index (χ1v) is 10.3. The number of aryl methyl sites for hydroxylation is 1. The molecule has 0 spiro atoms. The van der Waals surface area contributed by atoms with Crippen molar-refractivity contribution in [3.05, 3.63) is 71.3 Å². The predicted molar refractivity (Wildman–Crippen MR) is 115 cm³/mol. The van der Waals surface area contributed by atoms with Crippen LogP contribution in [-0.4, -0.2) is 37.3 Å². The molecular weight excluding hydrogens is 398 g/mol. The van der Waals surface area contributed by atoms with Crippen LogP contribution in [0.1, 0.15) is 41.8 Å². The number of esters is 2. The van der Waals surface area contributed by atoms with Gasteiger partial charge in [-0.2, -0.15) is 0 Å². The number of hydrogen-bond acceptors (Lipinski definition) is 6. The molecule has 0 saturated heterocycles. The van der Waals surface area contributed by atoms with E-state index in [1.54, 1.807) is 32.0 Å². The largest absolute Gasteiger partial charge is 0.463 e. The lowest BCUT2D eigenvalue weighted by Crippen LogP contribution is -2.39. The van der Waals surface area contributed by atoms with Gasteiger partial charge in [0.05, 0.1) is 12.2 Å². The van der Waals surface area contributed by atoms with Crippen LogP contribution in [0, 0.1) is 12.8 Å². The fourth-order valence-electron chi connectivity index (χ4n) is 2.97. The van der Waals surface area contributed by atoms with E-state index in [1.165, 1.54) is 0 Å². The second kappa shape index (κ2) is 12.4. The minimum Gasteiger partial charge on any atom is -0.463 e. The number of ether oxygens (including phenoxy) is 3. The molecule has 0 heterocycles.